The molecule has 0 bridgehead atoms. The van der Waals surface area contributed by atoms with Gasteiger partial charge in [-0.15, -0.1) is 0 Å². The Balaban J connectivity index is 3.12. The van der Waals surface area contributed by atoms with Crippen LogP contribution in [0.15, 0.2) is 18.2 Å². The fraction of sp³-hybridized carbons (Fsp3) is 0.462. The molecule has 0 saturated carbocycles. The van der Waals surface area contributed by atoms with Crippen LogP contribution < -0.4 is 4.43 Å². The maximum atomic E-state index is 11.0. The van der Waals surface area contributed by atoms with Gasteiger partial charge in [-0.2, -0.15) is 0 Å². The van der Waals surface area contributed by atoms with Crippen LogP contribution in [0, 0.1) is 0 Å². The molecule has 0 heterocycles. The summed E-state index contributed by atoms with van der Waals surface area (Å²) in [4.78, 5) is 11.0. The van der Waals surface area contributed by atoms with Crippen molar-refractivity contribution in [1.29, 1.82) is 0 Å². The normalized spacial score (nSPS) is 12.3. The van der Waals surface area contributed by atoms with E-state index in [-0.39, 0.29) is 16.4 Å². The number of phenols is 1. The highest BCUT2D eigenvalue weighted by atomic mass is 28.4. The van der Waals surface area contributed by atoms with Gasteiger partial charge >= 0.3 is 0 Å². The molecule has 0 atom stereocenters. The summed E-state index contributed by atoms with van der Waals surface area (Å²) in [6.45, 7) is 10.6. The van der Waals surface area contributed by atoms with Crippen molar-refractivity contribution in [3.63, 3.8) is 0 Å². The predicted octanol–water partition coefficient (Wildman–Crippen LogP) is 3.59. The number of phenolic OH excluding ortho intramolecular Hbond substituents is 1. The molecule has 0 aliphatic rings. The van der Waals surface area contributed by atoms with Gasteiger partial charge in [-0.3, -0.25) is 4.79 Å². The van der Waals surface area contributed by atoms with Crippen LogP contribution in [-0.4, -0.2) is 19.7 Å². The van der Waals surface area contributed by atoms with Gasteiger partial charge in [0.05, 0.1) is 5.56 Å². The zero-order valence-electron chi connectivity index (χ0n) is 11.1. The second kappa shape index (κ2) is 4.53. The van der Waals surface area contributed by atoms with Crippen LogP contribution in [0.5, 0.6) is 11.5 Å². The molecule has 0 fully saturated rings. The van der Waals surface area contributed by atoms with E-state index in [1.54, 1.807) is 12.1 Å². The van der Waals surface area contributed by atoms with E-state index >= 15 is 0 Å². The van der Waals surface area contributed by atoms with Crippen molar-refractivity contribution in [2.24, 2.45) is 0 Å². The first-order chi connectivity index (χ1) is 7.69. The third-order valence-corrected chi connectivity index (χ3v) is 7.67. The van der Waals surface area contributed by atoms with Gasteiger partial charge in [-0.05, 0) is 30.3 Å². The lowest BCUT2D eigenvalue weighted by molar-refractivity contribution is 0.111. The van der Waals surface area contributed by atoms with Gasteiger partial charge in [-0.1, -0.05) is 26.8 Å². The Hall–Kier alpha value is -1.29. The Labute approximate surface area is 104 Å². The van der Waals surface area contributed by atoms with E-state index in [4.69, 9.17) is 4.43 Å². The van der Waals surface area contributed by atoms with Gasteiger partial charge in [0.15, 0.2) is 6.29 Å². The number of hydrogen-bond acceptors (Lipinski definition) is 3. The van der Waals surface area contributed by atoms with Gasteiger partial charge in [0, 0.05) is 0 Å². The fourth-order valence-electron chi connectivity index (χ4n) is 1.17. The van der Waals surface area contributed by atoms with Gasteiger partial charge in [-0.25, -0.2) is 0 Å². The lowest BCUT2D eigenvalue weighted by Crippen LogP contribution is -2.44. The zero-order valence-corrected chi connectivity index (χ0v) is 12.1. The summed E-state index contributed by atoms with van der Waals surface area (Å²) >= 11 is 0. The summed E-state index contributed by atoms with van der Waals surface area (Å²) in [6.07, 6.45) is 0.637. The largest absolute Gasteiger partial charge is 0.543 e. The first kappa shape index (κ1) is 13.8. The Bertz CT molecular complexity index is 419. The summed E-state index contributed by atoms with van der Waals surface area (Å²) in [5.41, 5.74) is 0.234. The van der Waals surface area contributed by atoms with Crippen LogP contribution in [0.1, 0.15) is 31.1 Å². The highest BCUT2D eigenvalue weighted by molar-refractivity contribution is 6.74. The highest BCUT2D eigenvalue weighted by Gasteiger charge is 2.39. The fourth-order valence-corrected chi connectivity index (χ4v) is 2.20. The van der Waals surface area contributed by atoms with Crippen molar-refractivity contribution in [2.75, 3.05) is 0 Å². The van der Waals surface area contributed by atoms with E-state index in [0.29, 0.717) is 12.0 Å². The average Bonchev–Trinajstić information content (AvgIpc) is 2.15. The van der Waals surface area contributed by atoms with Crippen LogP contribution in [-0.2, 0) is 0 Å². The minimum absolute atomic E-state index is 0.0313. The molecule has 0 aliphatic carbocycles. The zero-order chi connectivity index (χ0) is 13.3. The van der Waals surface area contributed by atoms with Crippen molar-refractivity contribution >= 4 is 14.6 Å². The number of carbonyl (C=O) groups excluding carboxylic acids is 1. The van der Waals surface area contributed by atoms with Crippen molar-refractivity contribution in [2.45, 2.75) is 38.9 Å². The van der Waals surface area contributed by atoms with E-state index in [9.17, 15) is 9.90 Å². The Morgan fingerprint density at radius 1 is 1.29 bits per heavy atom. The van der Waals surface area contributed by atoms with Gasteiger partial charge in [0.1, 0.15) is 11.5 Å². The predicted molar refractivity (Wildman–Crippen MR) is 71.3 cm³/mol. The molecule has 3 nitrogen and oxygen atoms in total. The summed E-state index contributed by atoms with van der Waals surface area (Å²) < 4.78 is 6.02. The van der Waals surface area contributed by atoms with Crippen molar-refractivity contribution in [1.82, 2.24) is 0 Å². The molecular formula is C13H20O3Si. The molecule has 4 heteroatoms. The number of aldehydes is 1. The maximum Gasteiger partial charge on any atom is 0.250 e. The molecule has 0 aromatic heterocycles. The average molecular weight is 252 g/mol. The molecule has 1 aromatic rings. The van der Waals surface area contributed by atoms with Gasteiger partial charge in [0.25, 0.3) is 8.32 Å². The lowest BCUT2D eigenvalue weighted by atomic mass is 10.2. The summed E-state index contributed by atoms with van der Waals surface area (Å²) in [6, 6.07) is 4.90. The van der Waals surface area contributed by atoms with Crippen LogP contribution in [0.4, 0.5) is 0 Å². The topological polar surface area (TPSA) is 46.5 Å². The quantitative estimate of drug-likeness (QED) is 0.660. The van der Waals surface area contributed by atoms with E-state index < -0.39 is 8.32 Å². The molecule has 1 rings (SSSR count). The Morgan fingerprint density at radius 3 is 2.35 bits per heavy atom. The number of benzene rings is 1. The minimum Gasteiger partial charge on any atom is -0.543 e. The van der Waals surface area contributed by atoms with Gasteiger partial charge in [0.2, 0.25) is 0 Å². The summed E-state index contributed by atoms with van der Waals surface area (Å²) in [5, 5.41) is 9.65. The number of aromatic hydroxyl groups is 1. The molecule has 1 aromatic carbocycles. The lowest BCUT2D eigenvalue weighted by Gasteiger charge is -2.36. The molecule has 1 N–H and O–H groups in total. The number of carbonyl (C=O) groups is 1. The molecule has 94 valence electrons. The monoisotopic (exact) mass is 252 g/mol. The molecule has 0 saturated heterocycles. The summed E-state index contributed by atoms with van der Waals surface area (Å²) in [5.74, 6) is 0.447. The van der Waals surface area contributed by atoms with Crippen LogP contribution in [0.3, 0.4) is 0 Å². The molecule has 0 aliphatic heterocycles. The molecule has 17 heavy (non-hydrogen) atoms. The second-order valence-corrected chi connectivity index (χ2v) is 10.4. The second-order valence-electron chi connectivity index (χ2n) is 5.67. The minimum atomic E-state index is -1.99. The van der Waals surface area contributed by atoms with Crippen LogP contribution in [0.2, 0.25) is 18.1 Å². The van der Waals surface area contributed by atoms with E-state index in [1.807, 2.05) is 0 Å². The van der Waals surface area contributed by atoms with Crippen LogP contribution in [0.25, 0.3) is 0 Å². The van der Waals surface area contributed by atoms with E-state index in [1.165, 1.54) is 6.07 Å². The van der Waals surface area contributed by atoms with E-state index in [0.717, 1.165) is 0 Å². The Morgan fingerprint density at radius 2 is 1.88 bits per heavy atom. The third kappa shape index (κ3) is 2.88. The third-order valence-electron chi connectivity index (χ3n) is 3.33. The molecule has 0 radical (unpaired) electrons. The van der Waals surface area contributed by atoms with Crippen molar-refractivity contribution in [3.8, 4) is 11.5 Å². The maximum absolute atomic E-state index is 11.0. The first-order valence-electron chi connectivity index (χ1n) is 5.65. The van der Waals surface area contributed by atoms with Crippen molar-refractivity contribution < 1.29 is 14.3 Å². The molecule has 0 amide bonds. The first-order valence-corrected chi connectivity index (χ1v) is 8.56. The van der Waals surface area contributed by atoms with Gasteiger partial charge < -0.3 is 9.53 Å². The number of hydrogen-bond donors (Lipinski definition) is 1. The van der Waals surface area contributed by atoms with Crippen molar-refractivity contribution in [3.05, 3.63) is 23.8 Å². The highest BCUT2D eigenvalue weighted by Crippen LogP contribution is 2.39. The standard InChI is InChI=1S/C13H20O3Si/c1-13(2,3)17(4,5)16-12-8-6-7-11(15)10(12)9-14/h6-9,15H,1-5H3. The van der Waals surface area contributed by atoms with Crippen LogP contribution >= 0.6 is 0 Å². The number of rotatable bonds is 3. The molecular weight excluding hydrogens is 232 g/mol. The SMILES string of the molecule is CC(C)(C)[Si](C)(C)Oc1cccc(O)c1C=O. The smallest absolute Gasteiger partial charge is 0.250 e. The summed E-state index contributed by atoms with van der Waals surface area (Å²) in [7, 11) is -1.99. The molecule has 0 spiro atoms. The van der Waals surface area contributed by atoms with E-state index in [2.05, 4.69) is 33.9 Å². The Kier molecular flexibility index (Phi) is 3.67. The molecule has 0 unspecified atom stereocenters.